The molecule has 15 heteroatoms. The van der Waals surface area contributed by atoms with Gasteiger partial charge in [0.15, 0.2) is 10.9 Å². The van der Waals surface area contributed by atoms with Gasteiger partial charge in [0.2, 0.25) is 0 Å². The summed E-state index contributed by atoms with van der Waals surface area (Å²) in [6, 6.07) is 18.2. The van der Waals surface area contributed by atoms with E-state index in [9.17, 15) is 36.7 Å². The van der Waals surface area contributed by atoms with Gasteiger partial charge in [-0.15, -0.1) is 6.42 Å². The third-order valence-electron chi connectivity index (χ3n) is 10.2. The zero-order chi connectivity index (χ0) is 42.6. The fourth-order valence-electron chi connectivity index (χ4n) is 7.09. The minimum absolute atomic E-state index is 0.0715. The van der Waals surface area contributed by atoms with Crippen LogP contribution < -0.4 is 20.7 Å². The van der Waals surface area contributed by atoms with Crippen molar-refractivity contribution in [2.24, 2.45) is 0 Å². The average Bonchev–Trinajstić information content (AvgIpc) is 3.38. The van der Waals surface area contributed by atoms with E-state index in [-0.39, 0.29) is 46.0 Å². The van der Waals surface area contributed by atoms with Crippen molar-refractivity contribution in [2.45, 2.75) is 70.5 Å². The third-order valence-corrected chi connectivity index (χ3v) is 10.6. The molecule has 1 aliphatic heterocycles. The maximum atomic E-state index is 15.4. The number of aromatic nitrogens is 2. The van der Waals surface area contributed by atoms with Gasteiger partial charge in [-0.1, -0.05) is 49.4 Å². The summed E-state index contributed by atoms with van der Waals surface area (Å²) in [5, 5.41) is 10.4. The van der Waals surface area contributed by atoms with Gasteiger partial charge in [0, 0.05) is 36.0 Å². The molecule has 5 aromatic rings. The number of Topliss-reactive ketones (excluding diaryl/α,β-unsaturated/α-hetero) is 1. The number of benzene rings is 4. The number of aromatic amines is 1. The predicted octanol–water partition coefficient (Wildman–Crippen LogP) is 8.66. The number of ketones is 1. The van der Waals surface area contributed by atoms with Gasteiger partial charge < -0.3 is 10.2 Å². The molecule has 4 aromatic carbocycles. The topological polar surface area (TPSA) is 115 Å². The molecule has 9 nitrogen and oxygen atoms in total. The number of anilines is 2. The van der Waals surface area contributed by atoms with Crippen molar-refractivity contribution < 1.29 is 36.3 Å². The van der Waals surface area contributed by atoms with E-state index in [2.05, 4.69) is 15.5 Å². The number of unbranched alkanes of at least 4 members (excludes halogenated alkanes) is 4. The highest BCUT2D eigenvalue weighted by Gasteiger charge is 2.51. The van der Waals surface area contributed by atoms with Crippen molar-refractivity contribution in [3.63, 3.8) is 0 Å². The number of carbonyl (C=O) groups excluding carboxylic acids is 3. The van der Waals surface area contributed by atoms with Crippen molar-refractivity contribution in [3.8, 4) is 12.3 Å². The van der Waals surface area contributed by atoms with Crippen LogP contribution >= 0.6 is 12.2 Å². The number of H-pyrrole nitrogens is 1. The molecule has 2 N–H and O–H groups in total. The van der Waals surface area contributed by atoms with E-state index >= 15 is 4.39 Å². The Morgan fingerprint density at radius 1 is 0.864 bits per heavy atom. The van der Waals surface area contributed by atoms with E-state index in [1.54, 1.807) is 30.3 Å². The molecule has 6 rings (SSSR count). The number of amides is 2. The molecule has 2 heterocycles. The molecule has 1 saturated heterocycles. The Morgan fingerprint density at radius 2 is 1.56 bits per heavy atom. The predicted molar refractivity (Wildman–Crippen MR) is 218 cm³/mol. The number of carbonyl (C=O) groups is 3. The summed E-state index contributed by atoms with van der Waals surface area (Å²) in [6.07, 6.45) is 4.02. The number of thiocarbonyl (C=S) groups is 1. The van der Waals surface area contributed by atoms with Gasteiger partial charge in [0.05, 0.1) is 33.5 Å². The van der Waals surface area contributed by atoms with Gasteiger partial charge in [0.1, 0.15) is 17.2 Å². The smallest absolute Gasteiger partial charge is 0.352 e. The molecule has 0 bridgehead atoms. The number of nitrogens with one attached hydrogen (secondary N) is 2. The number of rotatable bonds is 14. The molecule has 59 heavy (non-hydrogen) atoms. The number of terminal acetylenes is 1. The summed E-state index contributed by atoms with van der Waals surface area (Å²) in [5.41, 5.74) is -2.26. The average molecular weight is 828 g/mol. The first-order chi connectivity index (χ1) is 28.0. The SMILES string of the molecule is C#Cc1ccc(N2C(=O)C(C)(C)N(c3ccc(C(=O)CCCCCCCNC(=O)c4cc(Cc5n[nH]c(=O)c6ccccc56)ccc4F)c(F)c3)C2=S)cc1C(F)(F)F. The summed E-state index contributed by atoms with van der Waals surface area (Å²) in [5.74, 6) is -1.14. The van der Waals surface area contributed by atoms with Gasteiger partial charge in [-0.05, 0) is 99.1 Å². The van der Waals surface area contributed by atoms with Gasteiger partial charge in [-0.25, -0.2) is 13.9 Å². The lowest BCUT2D eigenvalue weighted by Gasteiger charge is -2.29. The van der Waals surface area contributed by atoms with Crippen LogP contribution in [0.4, 0.5) is 33.3 Å². The van der Waals surface area contributed by atoms with E-state index in [4.69, 9.17) is 18.6 Å². The first-order valence-corrected chi connectivity index (χ1v) is 19.2. The first-order valence-electron chi connectivity index (χ1n) is 18.7. The van der Waals surface area contributed by atoms with Crippen molar-refractivity contribution >= 4 is 57.1 Å². The van der Waals surface area contributed by atoms with E-state index in [0.29, 0.717) is 47.8 Å². The van der Waals surface area contributed by atoms with E-state index in [1.807, 2.05) is 5.92 Å². The van der Waals surface area contributed by atoms with Crippen LogP contribution in [-0.2, 0) is 17.4 Å². The minimum Gasteiger partial charge on any atom is -0.352 e. The molecule has 0 unspecified atom stereocenters. The van der Waals surface area contributed by atoms with Crippen molar-refractivity contribution in [3.05, 3.63) is 134 Å². The number of hydrogen-bond acceptors (Lipinski definition) is 6. The standard InChI is InChI=1S/C44H38F5N5O4S/c1-4-27-16-17-28(24-34(27)44(47,48)49)53-41(58)43(2,3)54(42(53)59)29-18-19-32(36(46)25-29)38(55)14-8-6-5-7-11-21-50-39(56)33-22-26(15-20-35(33)45)23-37-30-12-9-10-13-31(30)40(57)52-51-37/h1,9-10,12-13,15-20,22,24-25H,5-8,11,14,21,23H2,2-3H3,(H,50,56)(H,52,57). The number of alkyl halides is 3. The zero-order valence-electron chi connectivity index (χ0n) is 32.0. The Balaban J connectivity index is 0.971. The molecule has 0 atom stereocenters. The molecule has 1 aliphatic rings. The summed E-state index contributed by atoms with van der Waals surface area (Å²) >= 11 is 5.54. The second-order valence-corrected chi connectivity index (χ2v) is 15.0. The van der Waals surface area contributed by atoms with Crippen LogP contribution in [0.1, 0.15) is 95.5 Å². The second kappa shape index (κ2) is 17.3. The van der Waals surface area contributed by atoms with Gasteiger partial charge in [0.25, 0.3) is 17.4 Å². The number of halogens is 5. The van der Waals surface area contributed by atoms with Crippen LogP contribution in [0.15, 0.2) is 83.7 Å². The monoisotopic (exact) mass is 827 g/mol. The maximum absolute atomic E-state index is 15.4. The van der Waals surface area contributed by atoms with Crippen LogP contribution in [0.25, 0.3) is 10.8 Å². The largest absolute Gasteiger partial charge is 0.417 e. The van der Waals surface area contributed by atoms with Gasteiger partial charge in [-0.3, -0.25) is 24.1 Å². The molecular formula is C44H38F5N5O4S. The van der Waals surface area contributed by atoms with Crippen LogP contribution in [-0.4, -0.2) is 45.0 Å². The lowest BCUT2D eigenvalue weighted by atomic mass is 10.00. The Morgan fingerprint density at radius 3 is 2.27 bits per heavy atom. The van der Waals surface area contributed by atoms with Crippen molar-refractivity contribution in [1.82, 2.24) is 15.5 Å². The molecule has 0 saturated carbocycles. The fraction of sp³-hybridized carbons (Fsp3) is 0.273. The highest BCUT2D eigenvalue weighted by Crippen LogP contribution is 2.40. The number of hydrogen-bond donors (Lipinski definition) is 2. The molecule has 0 spiro atoms. The third kappa shape index (κ3) is 8.92. The molecule has 1 fully saturated rings. The molecular weight excluding hydrogens is 790 g/mol. The van der Waals surface area contributed by atoms with Gasteiger partial charge in [-0.2, -0.15) is 18.3 Å². The van der Waals surface area contributed by atoms with Crippen molar-refractivity contribution in [2.75, 3.05) is 16.3 Å². The normalized spacial score (nSPS) is 13.9. The van der Waals surface area contributed by atoms with E-state index in [1.165, 1.54) is 49.1 Å². The summed E-state index contributed by atoms with van der Waals surface area (Å²) in [6.45, 7) is 3.31. The van der Waals surface area contributed by atoms with Crippen LogP contribution in [0.5, 0.6) is 0 Å². The summed E-state index contributed by atoms with van der Waals surface area (Å²) in [4.78, 5) is 53.7. The summed E-state index contributed by atoms with van der Waals surface area (Å²) in [7, 11) is 0. The highest BCUT2D eigenvalue weighted by atomic mass is 32.1. The zero-order valence-corrected chi connectivity index (χ0v) is 32.8. The lowest BCUT2D eigenvalue weighted by Crippen LogP contribution is -2.44. The molecule has 304 valence electrons. The molecule has 0 radical (unpaired) electrons. The number of nitrogens with zero attached hydrogens (tertiary/aromatic N) is 3. The maximum Gasteiger partial charge on any atom is 0.417 e. The van der Waals surface area contributed by atoms with E-state index < -0.39 is 52.1 Å². The Bertz CT molecular complexity index is 2580. The summed E-state index contributed by atoms with van der Waals surface area (Å²) < 4.78 is 71.3. The number of fused-ring (bicyclic) bond motifs is 1. The quantitative estimate of drug-likeness (QED) is 0.0379. The molecule has 2 amide bonds. The Kier molecular flexibility index (Phi) is 12.4. The molecule has 0 aliphatic carbocycles. The lowest BCUT2D eigenvalue weighted by molar-refractivity contribution is -0.137. The van der Waals surface area contributed by atoms with Crippen molar-refractivity contribution in [1.29, 1.82) is 0 Å². The van der Waals surface area contributed by atoms with Crippen LogP contribution in [0.2, 0.25) is 0 Å². The van der Waals surface area contributed by atoms with E-state index in [0.717, 1.165) is 35.9 Å². The highest BCUT2D eigenvalue weighted by molar-refractivity contribution is 7.81. The first kappa shape index (κ1) is 42.3. The Hall–Kier alpha value is -6.27. The second-order valence-electron chi connectivity index (χ2n) is 14.6. The van der Waals surface area contributed by atoms with Gasteiger partial charge >= 0.3 is 6.18 Å². The Labute approximate surface area is 341 Å². The van der Waals surface area contributed by atoms with Crippen LogP contribution in [0, 0.1) is 24.0 Å². The minimum atomic E-state index is -4.79. The fourth-order valence-corrected chi connectivity index (χ4v) is 7.61. The molecule has 1 aromatic heterocycles. The van der Waals surface area contributed by atoms with Crippen LogP contribution in [0.3, 0.4) is 0 Å².